The third-order valence-corrected chi connectivity index (χ3v) is 3.81. The molecule has 1 aromatic heterocycles. The molecule has 0 saturated carbocycles. The van der Waals surface area contributed by atoms with Gasteiger partial charge in [-0.3, -0.25) is 4.79 Å². The molecule has 7 heteroatoms. The van der Waals surface area contributed by atoms with Crippen molar-refractivity contribution >= 4 is 18.3 Å². The van der Waals surface area contributed by atoms with Crippen LogP contribution in [0.1, 0.15) is 17.7 Å². The first-order valence-electron chi connectivity index (χ1n) is 7.39. The van der Waals surface area contributed by atoms with E-state index >= 15 is 0 Å². The molecule has 1 saturated heterocycles. The van der Waals surface area contributed by atoms with Gasteiger partial charge in [0.2, 0.25) is 5.91 Å². The summed E-state index contributed by atoms with van der Waals surface area (Å²) < 4.78 is 14.9. The Hall–Kier alpha value is -1.92. The molecular formula is C16H20ClFN4O. The molecule has 1 fully saturated rings. The lowest BCUT2D eigenvalue weighted by Gasteiger charge is -2.13. The van der Waals surface area contributed by atoms with Crippen LogP contribution in [0.25, 0.3) is 5.69 Å². The SMILES string of the molecule is Cc1ccn(-c2ccccc2CNC(=O)[C@H]2C[C@H](F)CN2)n1.Cl. The molecule has 124 valence electrons. The topological polar surface area (TPSA) is 59.0 Å². The highest BCUT2D eigenvalue weighted by Crippen LogP contribution is 2.15. The average molecular weight is 339 g/mol. The summed E-state index contributed by atoms with van der Waals surface area (Å²) in [6.45, 7) is 2.57. The van der Waals surface area contributed by atoms with Gasteiger partial charge in [-0.1, -0.05) is 18.2 Å². The van der Waals surface area contributed by atoms with Crippen LogP contribution in [-0.4, -0.2) is 34.4 Å². The van der Waals surface area contributed by atoms with E-state index in [0.717, 1.165) is 16.9 Å². The summed E-state index contributed by atoms with van der Waals surface area (Å²) in [5.74, 6) is -0.161. The second kappa shape index (κ2) is 7.57. The molecule has 0 aliphatic carbocycles. The largest absolute Gasteiger partial charge is 0.351 e. The maximum Gasteiger partial charge on any atom is 0.237 e. The summed E-state index contributed by atoms with van der Waals surface area (Å²) in [5, 5.41) is 10.2. The summed E-state index contributed by atoms with van der Waals surface area (Å²) in [7, 11) is 0. The molecule has 0 unspecified atom stereocenters. The predicted molar refractivity (Wildman–Crippen MR) is 88.7 cm³/mol. The molecular weight excluding hydrogens is 319 g/mol. The van der Waals surface area contributed by atoms with Crippen LogP contribution in [-0.2, 0) is 11.3 Å². The number of nitrogens with one attached hydrogen (secondary N) is 2. The maximum atomic E-state index is 13.1. The number of aromatic nitrogens is 2. The minimum atomic E-state index is -0.935. The Labute approximate surface area is 140 Å². The normalized spacial score (nSPS) is 20.1. The van der Waals surface area contributed by atoms with Crippen LogP contribution in [0.2, 0.25) is 0 Å². The Morgan fingerprint density at radius 3 is 2.87 bits per heavy atom. The van der Waals surface area contributed by atoms with Crippen LogP contribution >= 0.6 is 12.4 Å². The van der Waals surface area contributed by atoms with Gasteiger partial charge >= 0.3 is 0 Å². The van der Waals surface area contributed by atoms with Crippen molar-refractivity contribution in [1.82, 2.24) is 20.4 Å². The molecule has 23 heavy (non-hydrogen) atoms. The van der Waals surface area contributed by atoms with E-state index in [2.05, 4.69) is 15.7 Å². The highest BCUT2D eigenvalue weighted by Gasteiger charge is 2.28. The standard InChI is InChI=1S/C16H19FN4O.ClH/c1-11-6-7-21(20-11)15-5-3-2-4-12(15)9-19-16(22)14-8-13(17)10-18-14;/h2-7,13-14,18H,8-10H2,1H3,(H,19,22);1H/t13-,14+;/m0./s1. The number of hydrogen-bond acceptors (Lipinski definition) is 3. The van der Waals surface area contributed by atoms with Crippen molar-refractivity contribution < 1.29 is 9.18 Å². The van der Waals surface area contributed by atoms with E-state index in [4.69, 9.17) is 0 Å². The van der Waals surface area contributed by atoms with Crippen molar-refractivity contribution in [3.63, 3.8) is 0 Å². The fourth-order valence-electron chi connectivity index (χ4n) is 2.63. The fourth-order valence-corrected chi connectivity index (χ4v) is 2.63. The molecule has 1 aliphatic rings. The zero-order valence-corrected chi connectivity index (χ0v) is 13.6. The van der Waals surface area contributed by atoms with Crippen LogP contribution in [0.15, 0.2) is 36.5 Å². The first-order chi connectivity index (χ1) is 10.6. The molecule has 3 rings (SSSR count). The Bertz CT molecular complexity index is 676. The van der Waals surface area contributed by atoms with Crippen molar-refractivity contribution in [2.45, 2.75) is 32.1 Å². The number of carbonyl (C=O) groups excluding carboxylic acids is 1. The van der Waals surface area contributed by atoms with Crippen LogP contribution in [0.4, 0.5) is 4.39 Å². The predicted octanol–water partition coefficient (Wildman–Crippen LogP) is 1.92. The molecule has 1 aromatic carbocycles. The van der Waals surface area contributed by atoms with Gasteiger partial charge in [0.05, 0.1) is 17.4 Å². The monoisotopic (exact) mass is 338 g/mol. The number of alkyl halides is 1. The Kier molecular flexibility index (Phi) is 5.74. The van der Waals surface area contributed by atoms with E-state index in [-0.39, 0.29) is 31.3 Å². The van der Waals surface area contributed by atoms with E-state index in [1.54, 1.807) is 4.68 Å². The number of hydrogen-bond donors (Lipinski definition) is 2. The summed E-state index contributed by atoms with van der Waals surface area (Å²) in [4.78, 5) is 12.1. The lowest BCUT2D eigenvalue weighted by atomic mass is 10.1. The number of para-hydroxylation sites is 1. The second-order valence-electron chi connectivity index (χ2n) is 5.54. The molecule has 0 radical (unpaired) electrons. The molecule has 1 amide bonds. The Morgan fingerprint density at radius 1 is 1.43 bits per heavy atom. The minimum absolute atomic E-state index is 0. The van der Waals surface area contributed by atoms with Gasteiger partial charge in [0, 0.05) is 25.7 Å². The number of aryl methyl sites for hydroxylation is 1. The highest BCUT2D eigenvalue weighted by molar-refractivity contribution is 5.85. The van der Waals surface area contributed by atoms with Gasteiger partial charge in [-0.05, 0) is 24.6 Å². The van der Waals surface area contributed by atoms with E-state index in [1.807, 2.05) is 43.5 Å². The van der Waals surface area contributed by atoms with Crippen LogP contribution < -0.4 is 10.6 Å². The maximum absolute atomic E-state index is 13.1. The van der Waals surface area contributed by atoms with Crippen molar-refractivity contribution in [3.05, 3.63) is 47.8 Å². The third-order valence-electron chi connectivity index (χ3n) is 3.81. The smallest absolute Gasteiger partial charge is 0.237 e. The molecule has 2 heterocycles. The first kappa shape index (κ1) is 17.4. The number of halogens is 2. The van der Waals surface area contributed by atoms with Gasteiger partial charge in [-0.2, -0.15) is 5.10 Å². The van der Waals surface area contributed by atoms with Gasteiger partial charge in [0.1, 0.15) is 6.17 Å². The number of rotatable bonds is 4. The number of nitrogens with zero attached hydrogens (tertiary/aromatic N) is 2. The molecule has 2 N–H and O–H groups in total. The summed E-state index contributed by atoms with van der Waals surface area (Å²) >= 11 is 0. The minimum Gasteiger partial charge on any atom is -0.351 e. The lowest BCUT2D eigenvalue weighted by molar-refractivity contribution is -0.123. The average Bonchev–Trinajstić information content (AvgIpc) is 3.14. The summed E-state index contributed by atoms with van der Waals surface area (Å²) in [6.07, 6.45) is 1.20. The van der Waals surface area contributed by atoms with Crippen LogP contribution in [0, 0.1) is 6.92 Å². The molecule has 0 bridgehead atoms. The lowest BCUT2D eigenvalue weighted by Crippen LogP contribution is -2.40. The van der Waals surface area contributed by atoms with E-state index < -0.39 is 12.2 Å². The fraction of sp³-hybridized carbons (Fsp3) is 0.375. The van der Waals surface area contributed by atoms with Crippen molar-refractivity contribution in [2.75, 3.05) is 6.54 Å². The molecule has 2 atom stereocenters. The zero-order chi connectivity index (χ0) is 15.5. The number of amides is 1. The molecule has 2 aromatic rings. The van der Waals surface area contributed by atoms with Gasteiger partial charge in [0.25, 0.3) is 0 Å². The van der Waals surface area contributed by atoms with Gasteiger partial charge in [-0.25, -0.2) is 9.07 Å². The van der Waals surface area contributed by atoms with Crippen LogP contribution in [0.5, 0.6) is 0 Å². The highest BCUT2D eigenvalue weighted by atomic mass is 35.5. The Balaban J connectivity index is 0.00000192. The summed E-state index contributed by atoms with van der Waals surface area (Å²) in [6, 6.07) is 9.26. The van der Waals surface area contributed by atoms with Gasteiger partial charge in [-0.15, -0.1) is 12.4 Å². The van der Waals surface area contributed by atoms with Crippen molar-refractivity contribution in [3.8, 4) is 5.69 Å². The van der Waals surface area contributed by atoms with Crippen molar-refractivity contribution in [2.24, 2.45) is 0 Å². The molecule has 0 spiro atoms. The third kappa shape index (κ3) is 4.09. The Morgan fingerprint density at radius 2 is 2.22 bits per heavy atom. The number of benzene rings is 1. The summed E-state index contributed by atoms with van der Waals surface area (Å²) in [5.41, 5.74) is 2.83. The van der Waals surface area contributed by atoms with Crippen molar-refractivity contribution in [1.29, 1.82) is 0 Å². The molecule has 5 nitrogen and oxygen atoms in total. The first-order valence-corrected chi connectivity index (χ1v) is 7.39. The van der Waals surface area contributed by atoms with Gasteiger partial charge < -0.3 is 10.6 Å². The zero-order valence-electron chi connectivity index (χ0n) is 12.8. The van der Waals surface area contributed by atoms with E-state index in [9.17, 15) is 9.18 Å². The molecule has 1 aliphatic heterocycles. The van der Waals surface area contributed by atoms with Crippen LogP contribution in [0.3, 0.4) is 0 Å². The number of carbonyl (C=O) groups is 1. The quantitative estimate of drug-likeness (QED) is 0.895. The van der Waals surface area contributed by atoms with Gasteiger partial charge in [0.15, 0.2) is 0 Å². The second-order valence-corrected chi connectivity index (χ2v) is 5.54. The van der Waals surface area contributed by atoms with E-state index in [1.165, 1.54) is 0 Å². The van der Waals surface area contributed by atoms with E-state index in [0.29, 0.717) is 6.54 Å².